The summed E-state index contributed by atoms with van der Waals surface area (Å²) in [7, 11) is 0. The van der Waals surface area contributed by atoms with Crippen LogP contribution in [-0.4, -0.2) is 42.3 Å². The van der Waals surface area contributed by atoms with Gasteiger partial charge in [0.25, 0.3) is 0 Å². The van der Waals surface area contributed by atoms with Crippen LogP contribution in [0.5, 0.6) is 0 Å². The highest BCUT2D eigenvalue weighted by Crippen LogP contribution is 2.20. The minimum atomic E-state index is -0.241. The molecule has 2 rings (SSSR count). The molecule has 1 aromatic rings. The van der Waals surface area contributed by atoms with E-state index < -0.39 is 0 Å². The van der Waals surface area contributed by atoms with Crippen molar-refractivity contribution in [1.82, 2.24) is 10.2 Å². The number of nitrogens with zero attached hydrogens (tertiary/aromatic N) is 2. The van der Waals surface area contributed by atoms with Crippen LogP contribution >= 0.6 is 0 Å². The molecule has 1 aliphatic heterocycles. The number of anilines is 1. The molecule has 0 bridgehead atoms. The maximum Gasteiger partial charge on any atom is 0.227 e. The van der Waals surface area contributed by atoms with E-state index in [0.717, 1.165) is 56.1 Å². The van der Waals surface area contributed by atoms with Gasteiger partial charge in [0, 0.05) is 37.7 Å². The van der Waals surface area contributed by atoms with Crippen LogP contribution in [0.25, 0.3) is 0 Å². The molecule has 160 valence electrons. The van der Waals surface area contributed by atoms with E-state index in [1.807, 2.05) is 45.0 Å². The molecule has 4 N–H and O–H groups in total. The summed E-state index contributed by atoms with van der Waals surface area (Å²) >= 11 is 0. The summed E-state index contributed by atoms with van der Waals surface area (Å²) in [5, 5.41) is 6.33. The van der Waals surface area contributed by atoms with Gasteiger partial charge in [-0.2, -0.15) is 0 Å². The summed E-state index contributed by atoms with van der Waals surface area (Å²) in [6, 6.07) is 7.82. The Kier molecular flexibility index (Phi) is 8.96. The van der Waals surface area contributed by atoms with Crippen molar-refractivity contribution in [2.75, 3.05) is 25.0 Å². The number of amides is 2. The molecule has 2 amide bonds. The number of carbonyl (C=O) groups excluding carboxylic acids is 2. The van der Waals surface area contributed by atoms with Gasteiger partial charge in [0.1, 0.15) is 0 Å². The number of aliphatic imine (C=N–C) groups is 1. The van der Waals surface area contributed by atoms with E-state index in [2.05, 4.69) is 15.5 Å². The number of nitrogens with one attached hydrogen (secondary N) is 2. The molecule has 2 atom stereocenters. The third-order valence-electron chi connectivity index (χ3n) is 5.31. The fourth-order valence-electron chi connectivity index (χ4n) is 3.50. The molecule has 7 heteroatoms. The molecule has 7 nitrogen and oxygen atoms in total. The molecule has 0 aliphatic carbocycles. The number of rotatable bonds is 8. The molecule has 1 aliphatic rings. The molecular formula is C22H35N5O2. The summed E-state index contributed by atoms with van der Waals surface area (Å²) in [5.41, 5.74) is 7.21. The van der Waals surface area contributed by atoms with Crippen molar-refractivity contribution in [3.8, 4) is 0 Å². The number of piperidine rings is 1. The number of likely N-dealkylation sites (tertiary alicyclic amines) is 1. The fraction of sp³-hybridized carbons (Fsp3) is 0.591. The lowest BCUT2D eigenvalue weighted by atomic mass is 9.95. The standard InChI is InChI=1S/C22H35N5O2/c1-4-16(3)21(29)26-19-10-6-8-17(12-19)14-25-22(24-5-2)27-11-7-9-18(15-27)13-20(23)28/h6,8,10,12,16,18H,4-5,7,9,11,13-15H2,1-3H3,(H2,23,28)(H,24,25)(H,26,29). The first kappa shape index (κ1) is 22.7. The first-order valence-electron chi connectivity index (χ1n) is 10.6. The molecular weight excluding hydrogens is 366 g/mol. The number of primary amides is 1. The second-order valence-corrected chi connectivity index (χ2v) is 7.79. The Morgan fingerprint density at radius 1 is 1.34 bits per heavy atom. The van der Waals surface area contributed by atoms with Crippen molar-refractivity contribution in [1.29, 1.82) is 0 Å². The summed E-state index contributed by atoms with van der Waals surface area (Å²) in [4.78, 5) is 30.4. The second-order valence-electron chi connectivity index (χ2n) is 7.79. The normalized spacial score (nSPS) is 18.2. The van der Waals surface area contributed by atoms with Gasteiger partial charge in [-0.1, -0.05) is 26.0 Å². The largest absolute Gasteiger partial charge is 0.370 e. The topological polar surface area (TPSA) is 99.8 Å². The van der Waals surface area contributed by atoms with Crippen molar-refractivity contribution in [3.05, 3.63) is 29.8 Å². The van der Waals surface area contributed by atoms with Crippen LogP contribution in [0.3, 0.4) is 0 Å². The lowest BCUT2D eigenvalue weighted by Crippen LogP contribution is -2.47. The van der Waals surface area contributed by atoms with E-state index in [4.69, 9.17) is 10.7 Å². The van der Waals surface area contributed by atoms with Crippen LogP contribution in [0, 0.1) is 11.8 Å². The molecule has 0 aromatic heterocycles. The van der Waals surface area contributed by atoms with Gasteiger partial charge in [0.05, 0.1) is 6.54 Å². The Hall–Kier alpha value is -2.57. The van der Waals surface area contributed by atoms with Crippen molar-refractivity contribution < 1.29 is 9.59 Å². The SMILES string of the molecule is CCNC(=NCc1cccc(NC(=O)C(C)CC)c1)N1CCCC(CC(N)=O)C1. The van der Waals surface area contributed by atoms with E-state index in [9.17, 15) is 9.59 Å². The van der Waals surface area contributed by atoms with Crippen LogP contribution in [0.15, 0.2) is 29.3 Å². The summed E-state index contributed by atoms with van der Waals surface area (Å²) < 4.78 is 0. The molecule has 1 fully saturated rings. The minimum absolute atomic E-state index is 0.00974. The second kappa shape index (κ2) is 11.4. The zero-order valence-electron chi connectivity index (χ0n) is 17.9. The Labute approximate surface area is 174 Å². The number of hydrogen-bond donors (Lipinski definition) is 3. The van der Waals surface area contributed by atoms with Crippen molar-refractivity contribution >= 4 is 23.5 Å². The maximum atomic E-state index is 12.1. The number of nitrogens with two attached hydrogens (primary N) is 1. The van der Waals surface area contributed by atoms with Crippen LogP contribution in [0.4, 0.5) is 5.69 Å². The lowest BCUT2D eigenvalue weighted by molar-refractivity contribution is -0.120. The van der Waals surface area contributed by atoms with E-state index in [1.54, 1.807) is 0 Å². The van der Waals surface area contributed by atoms with E-state index in [1.165, 1.54) is 0 Å². The van der Waals surface area contributed by atoms with Gasteiger partial charge in [0.15, 0.2) is 5.96 Å². The van der Waals surface area contributed by atoms with Crippen LogP contribution in [0.2, 0.25) is 0 Å². The maximum absolute atomic E-state index is 12.1. The van der Waals surface area contributed by atoms with Crippen LogP contribution < -0.4 is 16.4 Å². The monoisotopic (exact) mass is 401 g/mol. The van der Waals surface area contributed by atoms with Gasteiger partial charge in [-0.3, -0.25) is 9.59 Å². The van der Waals surface area contributed by atoms with Gasteiger partial charge in [-0.25, -0.2) is 4.99 Å². The van der Waals surface area contributed by atoms with Crippen LogP contribution in [-0.2, 0) is 16.1 Å². The Morgan fingerprint density at radius 2 is 2.14 bits per heavy atom. The van der Waals surface area contributed by atoms with Crippen molar-refractivity contribution in [3.63, 3.8) is 0 Å². The van der Waals surface area contributed by atoms with Crippen molar-refractivity contribution in [2.45, 2.75) is 53.0 Å². The highest BCUT2D eigenvalue weighted by atomic mass is 16.2. The first-order valence-corrected chi connectivity index (χ1v) is 10.6. The average molecular weight is 402 g/mol. The molecule has 1 saturated heterocycles. The van der Waals surface area contributed by atoms with Gasteiger partial charge in [-0.05, 0) is 49.8 Å². The summed E-state index contributed by atoms with van der Waals surface area (Å²) in [6.07, 6.45) is 3.29. The average Bonchev–Trinajstić information content (AvgIpc) is 2.70. The highest BCUT2D eigenvalue weighted by Gasteiger charge is 2.23. The Morgan fingerprint density at radius 3 is 2.83 bits per heavy atom. The molecule has 29 heavy (non-hydrogen) atoms. The molecule has 1 heterocycles. The van der Waals surface area contributed by atoms with E-state index in [0.29, 0.717) is 13.0 Å². The highest BCUT2D eigenvalue weighted by molar-refractivity contribution is 5.92. The van der Waals surface area contributed by atoms with Gasteiger partial charge in [0.2, 0.25) is 11.8 Å². The fourth-order valence-corrected chi connectivity index (χ4v) is 3.50. The molecule has 0 spiro atoms. The first-order chi connectivity index (χ1) is 13.9. The van der Waals surface area contributed by atoms with Gasteiger partial charge in [-0.15, -0.1) is 0 Å². The Balaban J connectivity index is 2.05. The van der Waals surface area contributed by atoms with Crippen LogP contribution in [0.1, 0.15) is 52.0 Å². The molecule has 1 aromatic carbocycles. The lowest BCUT2D eigenvalue weighted by Gasteiger charge is -2.34. The zero-order valence-corrected chi connectivity index (χ0v) is 17.9. The van der Waals surface area contributed by atoms with Gasteiger partial charge < -0.3 is 21.3 Å². The molecule has 0 radical (unpaired) electrons. The summed E-state index contributed by atoms with van der Waals surface area (Å²) in [5.74, 6) is 0.926. The minimum Gasteiger partial charge on any atom is -0.370 e. The molecule has 2 unspecified atom stereocenters. The quantitative estimate of drug-likeness (QED) is 0.461. The third kappa shape index (κ3) is 7.40. The zero-order chi connectivity index (χ0) is 21.2. The van der Waals surface area contributed by atoms with E-state index in [-0.39, 0.29) is 23.7 Å². The smallest absolute Gasteiger partial charge is 0.227 e. The number of carbonyl (C=O) groups is 2. The molecule has 0 saturated carbocycles. The number of benzene rings is 1. The predicted octanol–water partition coefficient (Wildman–Crippen LogP) is 2.72. The predicted molar refractivity (Wildman–Crippen MR) is 117 cm³/mol. The van der Waals surface area contributed by atoms with E-state index >= 15 is 0 Å². The van der Waals surface area contributed by atoms with Gasteiger partial charge >= 0.3 is 0 Å². The third-order valence-corrected chi connectivity index (χ3v) is 5.31. The number of guanidine groups is 1. The number of hydrogen-bond acceptors (Lipinski definition) is 3. The summed E-state index contributed by atoms with van der Waals surface area (Å²) in [6.45, 7) is 8.99. The Bertz CT molecular complexity index is 719. The van der Waals surface area contributed by atoms with Crippen molar-refractivity contribution in [2.24, 2.45) is 22.6 Å².